The summed E-state index contributed by atoms with van der Waals surface area (Å²) >= 11 is 1.31. The van der Waals surface area contributed by atoms with Gasteiger partial charge in [0.1, 0.15) is 5.82 Å². The highest BCUT2D eigenvalue weighted by Crippen LogP contribution is 2.24. The molecule has 1 aromatic heterocycles. The van der Waals surface area contributed by atoms with Gasteiger partial charge < -0.3 is 10.6 Å². The van der Waals surface area contributed by atoms with Gasteiger partial charge in [-0.1, -0.05) is 42.5 Å². The Hall–Kier alpha value is -3.06. The molecule has 3 rings (SSSR count). The van der Waals surface area contributed by atoms with E-state index in [1.54, 1.807) is 6.07 Å². The number of hydrogen-bond donors (Lipinski definition) is 2. The molecule has 0 unspecified atom stereocenters. The zero-order chi connectivity index (χ0) is 18.4. The van der Waals surface area contributed by atoms with E-state index in [1.807, 2.05) is 35.7 Å². The molecule has 1 heterocycles. The molecule has 0 aliphatic rings. The van der Waals surface area contributed by atoms with Crippen LogP contribution >= 0.6 is 11.3 Å². The second kappa shape index (κ2) is 8.35. The maximum absolute atomic E-state index is 13.1. The number of nitrogens with one attached hydrogen (secondary N) is 2. The van der Waals surface area contributed by atoms with E-state index in [9.17, 15) is 14.0 Å². The molecule has 3 aromatic rings. The average molecular weight is 369 g/mol. The van der Waals surface area contributed by atoms with Crippen LogP contribution < -0.4 is 10.6 Å². The number of carbonyl (C=O) groups excluding carboxylic acids is 2. The number of nitrogens with zero attached hydrogens (tertiary/aromatic N) is 1. The second-order valence-corrected chi connectivity index (χ2v) is 6.39. The highest BCUT2D eigenvalue weighted by atomic mass is 32.1. The van der Waals surface area contributed by atoms with Crippen LogP contribution in [0.5, 0.6) is 0 Å². The maximum Gasteiger partial charge on any atom is 0.245 e. The molecule has 0 saturated heterocycles. The van der Waals surface area contributed by atoms with E-state index in [2.05, 4.69) is 15.6 Å². The van der Waals surface area contributed by atoms with Crippen molar-refractivity contribution in [2.75, 3.05) is 11.9 Å². The van der Waals surface area contributed by atoms with Gasteiger partial charge in [-0.15, -0.1) is 11.3 Å². The molecule has 0 atom stereocenters. The highest BCUT2D eigenvalue weighted by molar-refractivity contribution is 7.14. The third-order valence-electron chi connectivity index (χ3n) is 3.52. The fourth-order valence-electron chi connectivity index (χ4n) is 2.31. The number of rotatable bonds is 6. The van der Waals surface area contributed by atoms with Crippen LogP contribution in [0.25, 0.3) is 11.3 Å². The largest absolute Gasteiger partial charge is 0.347 e. The van der Waals surface area contributed by atoms with Crippen molar-refractivity contribution in [1.29, 1.82) is 0 Å². The summed E-state index contributed by atoms with van der Waals surface area (Å²) in [5.41, 5.74) is 2.30. The normalized spacial score (nSPS) is 10.3. The van der Waals surface area contributed by atoms with Gasteiger partial charge in [-0.3, -0.25) is 9.59 Å². The van der Waals surface area contributed by atoms with Crippen LogP contribution in [-0.2, 0) is 16.0 Å². The van der Waals surface area contributed by atoms with Gasteiger partial charge in [-0.2, -0.15) is 0 Å². The van der Waals surface area contributed by atoms with E-state index < -0.39 is 5.82 Å². The number of aromatic nitrogens is 1. The number of halogens is 1. The summed E-state index contributed by atoms with van der Waals surface area (Å²) < 4.78 is 13.1. The molecule has 26 heavy (non-hydrogen) atoms. The third kappa shape index (κ3) is 4.97. The van der Waals surface area contributed by atoms with E-state index in [0.29, 0.717) is 10.7 Å². The lowest BCUT2D eigenvalue weighted by Gasteiger charge is -2.05. The molecule has 0 spiro atoms. The van der Waals surface area contributed by atoms with Crippen molar-refractivity contribution >= 4 is 28.3 Å². The summed E-state index contributed by atoms with van der Waals surface area (Å²) in [7, 11) is 0. The van der Waals surface area contributed by atoms with Crippen LogP contribution in [0.4, 0.5) is 9.52 Å². The molecule has 0 bridgehead atoms. The average Bonchev–Trinajstić information content (AvgIpc) is 3.09. The summed E-state index contributed by atoms with van der Waals surface area (Å²) in [6, 6.07) is 15.4. The first-order chi connectivity index (χ1) is 12.6. The van der Waals surface area contributed by atoms with Gasteiger partial charge in [-0.25, -0.2) is 9.37 Å². The SMILES string of the molecule is O=C(Cc1cccc(F)c1)NCC(=O)Nc1nc(-c2ccccc2)cs1. The monoisotopic (exact) mass is 369 g/mol. The quantitative estimate of drug-likeness (QED) is 0.701. The van der Waals surface area contributed by atoms with E-state index >= 15 is 0 Å². The first-order valence-corrected chi connectivity index (χ1v) is 8.80. The van der Waals surface area contributed by atoms with E-state index in [-0.39, 0.29) is 24.8 Å². The van der Waals surface area contributed by atoms with Crippen molar-refractivity contribution in [3.8, 4) is 11.3 Å². The molecule has 2 aromatic carbocycles. The lowest BCUT2D eigenvalue weighted by atomic mass is 10.1. The smallest absolute Gasteiger partial charge is 0.245 e. The molecule has 0 aliphatic carbocycles. The Morgan fingerprint density at radius 3 is 2.62 bits per heavy atom. The summed E-state index contributed by atoms with van der Waals surface area (Å²) in [6.45, 7) is -0.172. The molecular formula is C19H16FN3O2S. The number of hydrogen-bond acceptors (Lipinski definition) is 4. The molecule has 5 nitrogen and oxygen atoms in total. The molecule has 0 saturated carbocycles. The molecule has 7 heteroatoms. The number of thiazole rings is 1. The lowest BCUT2D eigenvalue weighted by Crippen LogP contribution is -2.33. The van der Waals surface area contributed by atoms with Gasteiger partial charge in [0.15, 0.2) is 5.13 Å². The standard InChI is InChI=1S/C19H16FN3O2S/c20-15-8-4-5-13(9-15)10-17(24)21-11-18(25)23-19-22-16(12-26-19)14-6-2-1-3-7-14/h1-9,12H,10-11H2,(H,21,24)(H,22,23,25). The van der Waals surface area contributed by atoms with E-state index in [1.165, 1.54) is 29.5 Å². The number of benzene rings is 2. The van der Waals surface area contributed by atoms with Crippen molar-refractivity contribution in [2.24, 2.45) is 0 Å². The summed E-state index contributed by atoms with van der Waals surface area (Å²) in [5, 5.41) is 7.49. The van der Waals surface area contributed by atoms with Crippen molar-refractivity contribution in [3.63, 3.8) is 0 Å². The lowest BCUT2D eigenvalue weighted by molar-refractivity contribution is -0.123. The fraction of sp³-hybridized carbons (Fsp3) is 0.105. The van der Waals surface area contributed by atoms with Crippen LogP contribution in [0, 0.1) is 5.82 Å². The van der Waals surface area contributed by atoms with Gasteiger partial charge in [0.25, 0.3) is 0 Å². The van der Waals surface area contributed by atoms with Crippen LogP contribution in [0.2, 0.25) is 0 Å². The first kappa shape index (κ1) is 17.8. The molecule has 0 fully saturated rings. The molecule has 0 aliphatic heterocycles. The number of amides is 2. The Morgan fingerprint density at radius 1 is 1.04 bits per heavy atom. The van der Waals surface area contributed by atoms with E-state index in [4.69, 9.17) is 0 Å². The van der Waals surface area contributed by atoms with Gasteiger partial charge >= 0.3 is 0 Å². The van der Waals surface area contributed by atoms with Crippen molar-refractivity contribution < 1.29 is 14.0 Å². The van der Waals surface area contributed by atoms with Gasteiger partial charge in [0.05, 0.1) is 18.7 Å². The van der Waals surface area contributed by atoms with Gasteiger partial charge in [-0.05, 0) is 17.7 Å². The van der Waals surface area contributed by atoms with Crippen LogP contribution in [-0.4, -0.2) is 23.3 Å². The minimum Gasteiger partial charge on any atom is -0.347 e. The Balaban J connectivity index is 1.48. The summed E-state index contributed by atoms with van der Waals surface area (Å²) in [4.78, 5) is 28.2. The molecule has 0 radical (unpaired) electrons. The highest BCUT2D eigenvalue weighted by Gasteiger charge is 2.10. The van der Waals surface area contributed by atoms with Crippen molar-refractivity contribution in [3.05, 3.63) is 71.4 Å². The predicted octanol–water partition coefficient (Wildman–Crippen LogP) is 3.25. The summed E-state index contributed by atoms with van der Waals surface area (Å²) in [6.07, 6.45) is 0.0143. The summed E-state index contributed by atoms with van der Waals surface area (Å²) in [5.74, 6) is -1.12. The second-order valence-electron chi connectivity index (χ2n) is 5.54. The topological polar surface area (TPSA) is 71.1 Å². The van der Waals surface area contributed by atoms with Crippen LogP contribution in [0.3, 0.4) is 0 Å². The van der Waals surface area contributed by atoms with Gasteiger partial charge in [0, 0.05) is 10.9 Å². The Kier molecular flexibility index (Phi) is 5.70. The third-order valence-corrected chi connectivity index (χ3v) is 4.28. The molecule has 2 N–H and O–H groups in total. The molecule has 132 valence electrons. The number of anilines is 1. The van der Waals surface area contributed by atoms with Crippen molar-refractivity contribution in [1.82, 2.24) is 10.3 Å². The minimum absolute atomic E-state index is 0.0143. The molecular weight excluding hydrogens is 353 g/mol. The van der Waals surface area contributed by atoms with Gasteiger partial charge in [0.2, 0.25) is 11.8 Å². The van der Waals surface area contributed by atoms with E-state index in [0.717, 1.165) is 11.3 Å². The predicted molar refractivity (Wildman–Crippen MR) is 99.3 cm³/mol. The maximum atomic E-state index is 13.1. The minimum atomic E-state index is -0.397. The van der Waals surface area contributed by atoms with Crippen LogP contribution in [0.1, 0.15) is 5.56 Å². The van der Waals surface area contributed by atoms with Crippen LogP contribution in [0.15, 0.2) is 60.0 Å². The Bertz CT molecular complexity index is 912. The molecule has 2 amide bonds. The number of carbonyl (C=O) groups is 2. The first-order valence-electron chi connectivity index (χ1n) is 7.92. The Labute approximate surface area is 153 Å². The fourth-order valence-corrected chi connectivity index (χ4v) is 3.05. The zero-order valence-corrected chi connectivity index (χ0v) is 14.6. The Morgan fingerprint density at radius 2 is 1.85 bits per heavy atom. The zero-order valence-electron chi connectivity index (χ0n) is 13.7. The van der Waals surface area contributed by atoms with Crippen molar-refractivity contribution in [2.45, 2.75) is 6.42 Å².